The second kappa shape index (κ2) is 9.08. The zero-order chi connectivity index (χ0) is 18.3. The van der Waals surface area contributed by atoms with E-state index in [2.05, 4.69) is 46.8 Å². The van der Waals surface area contributed by atoms with E-state index in [-0.39, 0.29) is 6.04 Å². The van der Waals surface area contributed by atoms with E-state index >= 15 is 0 Å². The van der Waals surface area contributed by atoms with Gasteiger partial charge in [-0.1, -0.05) is 29.8 Å². The molecule has 0 aromatic heterocycles. The predicted molar refractivity (Wildman–Crippen MR) is 94.9 cm³/mol. The number of aliphatic imine (C=N–C) groups is 1. The van der Waals surface area contributed by atoms with Crippen LogP contribution in [0.25, 0.3) is 0 Å². The smallest absolute Gasteiger partial charge is 0.357 e. The van der Waals surface area contributed by atoms with Crippen molar-refractivity contribution in [2.45, 2.75) is 38.9 Å². The van der Waals surface area contributed by atoms with Crippen LogP contribution in [0, 0.1) is 6.92 Å². The van der Waals surface area contributed by atoms with Gasteiger partial charge >= 0.3 is 6.18 Å². The number of rotatable bonds is 6. The summed E-state index contributed by atoms with van der Waals surface area (Å²) in [5, 5.41) is 6.42. The lowest BCUT2D eigenvalue weighted by atomic mass is 10.1. The number of aryl methyl sites for hydroxylation is 1. The lowest BCUT2D eigenvalue weighted by molar-refractivity contribution is -0.143. The Bertz CT molecular complexity index is 554. The Hall–Kier alpha value is -1.76. The van der Waals surface area contributed by atoms with Gasteiger partial charge in [-0.2, -0.15) is 13.2 Å². The molecule has 0 bridgehead atoms. The summed E-state index contributed by atoms with van der Waals surface area (Å²) in [5.74, 6) is 0.675. The molecular weight excluding hydrogens is 329 g/mol. The summed E-state index contributed by atoms with van der Waals surface area (Å²) < 4.78 is 37.4. The maximum absolute atomic E-state index is 12.5. The molecule has 4 nitrogen and oxygen atoms in total. The molecule has 2 N–H and O–H groups in total. The van der Waals surface area contributed by atoms with E-state index in [1.807, 2.05) is 6.92 Å². The molecule has 2 rings (SSSR count). The summed E-state index contributed by atoms with van der Waals surface area (Å²) in [5.41, 5.74) is 2.45. The fraction of sp³-hybridized carbons (Fsp3) is 0.611. The first-order valence-corrected chi connectivity index (χ1v) is 8.75. The molecule has 0 aliphatic carbocycles. The van der Waals surface area contributed by atoms with Crippen molar-refractivity contribution in [2.24, 2.45) is 4.99 Å². The van der Waals surface area contributed by atoms with Crippen molar-refractivity contribution in [3.8, 4) is 0 Å². The van der Waals surface area contributed by atoms with Gasteiger partial charge in [0.2, 0.25) is 0 Å². The van der Waals surface area contributed by atoms with E-state index in [1.165, 1.54) is 16.0 Å². The van der Waals surface area contributed by atoms with Crippen LogP contribution in [0.2, 0.25) is 0 Å². The number of alkyl halides is 3. The molecule has 1 heterocycles. The van der Waals surface area contributed by atoms with E-state index < -0.39 is 12.7 Å². The number of likely N-dealkylation sites (tertiary alicyclic amines) is 1. The third kappa shape index (κ3) is 7.34. The van der Waals surface area contributed by atoms with E-state index in [4.69, 9.17) is 0 Å². The topological polar surface area (TPSA) is 39.7 Å². The van der Waals surface area contributed by atoms with Gasteiger partial charge in [0.05, 0.1) is 6.54 Å². The molecule has 1 saturated heterocycles. The largest absolute Gasteiger partial charge is 0.401 e. The second-order valence-corrected chi connectivity index (χ2v) is 6.48. The Morgan fingerprint density at radius 3 is 2.64 bits per heavy atom. The van der Waals surface area contributed by atoms with Crippen LogP contribution in [0.5, 0.6) is 0 Å². The molecule has 1 atom stereocenters. The first kappa shape index (κ1) is 19.6. The Kier molecular flexibility index (Phi) is 7.11. The van der Waals surface area contributed by atoms with Crippen LogP contribution in [-0.2, 0) is 6.42 Å². The van der Waals surface area contributed by atoms with Gasteiger partial charge in [-0.3, -0.25) is 9.89 Å². The molecule has 7 heteroatoms. The Morgan fingerprint density at radius 1 is 1.28 bits per heavy atom. The molecule has 1 aliphatic heterocycles. The molecule has 1 aromatic carbocycles. The number of guanidine groups is 1. The van der Waals surface area contributed by atoms with Crippen LogP contribution < -0.4 is 10.6 Å². The van der Waals surface area contributed by atoms with Gasteiger partial charge in [-0.15, -0.1) is 0 Å². The molecule has 0 saturated carbocycles. The minimum Gasteiger partial charge on any atom is -0.357 e. The van der Waals surface area contributed by atoms with Crippen LogP contribution in [0.1, 0.15) is 24.5 Å². The zero-order valence-corrected chi connectivity index (χ0v) is 14.9. The summed E-state index contributed by atoms with van der Waals surface area (Å²) in [7, 11) is 0. The minimum atomic E-state index is -4.14. The Labute approximate surface area is 147 Å². The third-order valence-electron chi connectivity index (χ3n) is 4.15. The third-order valence-corrected chi connectivity index (χ3v) is 4.15. The number of halogens is 3. The van der Waals surface area contributed by atoms with Crippen LogP contribution >= 0.6 is 0 Å². The standard InChI is InChI=1S/C18H27F3N4/c1-3-22-17(23-10-8-15-6-4-14(2)5-7-15)24-16-9-11-25(12-16)13-18(19,20)21/h4-7,16H,3,8-13H2,1-2H3,(H2,22,23,24). The number of benzene rings is 1. The second-order valence-electron chi connectivity index (χ2n) is 6.48. The number of nitrogens with zero attached hydrogens (tertiary/aromatic N) is 2. The molecule has 0 amide bonds. The Balaban J connectivity index is 1.82. The number of hydrogen-bond acceptors (Lipinski definition) is 2. The molecule has 1 unspecified atom stereocenters. The van der Waals surface area contributed by atoms with Gasteiger partial charge in [0.25, 0.3) is 0 Å². The highest BCUT2D eigenvalue weighted by atomic mass is 19.4. The highest BCUT2D eigenvalue weighted by Gasteiger charge is 2.34. The summed E-state index contributed by atoms with van der Waals surface area (Å²) in [6, 6.07) is 8.35. The summed E-state index contributed by atoms with van der Waals surface area (Å²) in [6.07, 6.45) is -2.61. The monoisotopic (exact) mass is 356 g/mol. The van der Waals surface area contributed by atoms with Crippen molar-refractivity contribution >= 4 is 5.96 Å². The molecule has 0 spiro atoms. The molecule has 1 aromatic rings. The average molecular weight is 356 g/mol. The van der Waals surface area contributed by atoms with E-state index in [1.54, 1.807) is 0 Å². The van der Waals surface area contributed by atoms with Crippen LogP contribution in [-0.4, -0.2) is 55.8 Å². The van der Waals surface area contributed by atoms with Gasteiger partial charge in [0.1, 0.15) is 0 Å². The fourth-order valence-electron chi connectivity index (χ4n) is 2.91. The number of hydrogen-bond donors (Lipinski definition) is 2. The average Bonchev–Trinajstić information content (AvgIpc) is 2.94. The van der Waals surface area contributed by atoms with Crippen LogP contribution in [0.15, 0.2) is 29.3 Å². The normalized spacial score (nSPS) is 19.2. The first-order valence-electron chi connectivity index (χ1n) is 8.75. The molecule has 140 valence electrons. The van der Waals surface area contributed by atoms with Gasteiger partial charge in [-0.25, -0.2) is 0 Å². The van der Waals surface area contributed by atoms with Crippen molar-refractivity contribution in [3.63, 3.8) is 0 Å². The molecule has 1 fully saturated rings. The van der Waals surface area contributed by atoms with Gasteiger partial charge in [0.15, 0.2) is 5.96 Å². The van der Waals surface area contributed by atoms with Gasteiger partial charge < -0.3 is 10.6 Å². The lowest BCUT2D eigenvalue weighted by Crippen LogP contribution is -2.45. The highest BCUT2D eigenvalue weighted by molar-refractivity contribution is 5.80. The molecule has 1 aliphatic rings. The molecule has 25 heavy (non-hydrogen) atoms. The quantitative estimate of drug-likeness (QED) is 0.608. The summed E-state index contributed by atoms with van der Waals surface area (Å²) in [6.45, 7) is 5.39. The van der Waals surface area contributed by atoms with Crippen LogP contribution in [0.3, 0.4) is 0 Å². The van der Waals surface area contributed by atoms with Crippen molar-refractivity contribution in [2.75, 3.05) is 32.7 Å². The minimum absolute atomic E-state index is 0.000440. The van der Waals surface area contributed by atoms with E-state index in [0.29, 0.717) is 32.0 Å². The predicted octanol–water partition coefficient (Wildman–Crippen LogP) is 2.73. The van der Waals surface area contributed by atoms with Crippen molar-refractivity contribution in [1.29, 1.82) is 0 Å². The summed E-state index contributed by atoms with van der Waals surface area (Å²) in [4.78, 5) is 5.99. The van der Waals surface area contributed by atoms with Crippen LogP contribution in [0.4, 0.5) is 13.2 Å². The molecule has 0 radical (unpaired) electrons. The van der Waals surface area contributed by atoms with E-state index in [0.717, 1.165) is 13.0 Å². The first-order chi connectivity index (χ1) is 11.9. The van der Waals surface area contributed by atoms with Crippen molar-refractivity contribution in [1.82, 2.24) is 15.5 Å². The maximum Gasteiger partial charge on any atom is 0.401 e. The summed E-state index contributed by atoms with van der Waals surface area (Å²) >= 11 is 0. The lowest BCUT2D eigenvalue weighted by Gasteiger charge is -2.19. The number of nitrogens with one attached hydrogen (secondary N) is 2. The maximum atomic E-state index is 12.5. The van der Waals surface area contributed by atoms with E-state index in [9.17, 15) is 13.2 Å². The van der Waals surface area contributed by atoms with Gasteiger partial charge in [-0.05, 0) is 32.3 Å². The molecular formula is C18H27F3N4. The highest BCUT2D eigenvalue weighted by Crippen LogP contribution is 2.19. The Morgan fingerprint density at radius 2 is 2.00 bits per heavy atom. The zero-order valence-electron chi connectivity index (χ0n) is 14.9. The van der Waals surface area contributed by atoms with Crippen molar-refractivity contribution < 1.29 is 13.2 Å². The SMILES string of the molecule is CCNC(=NCCc1ccc(C)cc1)NC1CCN(CC(F)(F)F)C1. The van der Waals surface area contributed by atoms with Gasteiger partial charge in [0, 0.05) is 32.2 Å². The van der Waals surface area contributed by atoms with Crippen molar-refractivity contribution in [3.05, 3.63) is 35.4 Å². The fourth-order valence-corrected chi connectivity index (χ4v) is 2.91.